The van der Waals surface area contributed by atoms with Crippen molar-refractivity contribution in [1.29, 1.82) is 0 Å². The number of sulfonamides is 1. The molecule has 3 aromatic carbocycles. The minimum Gasteiger partial charge on any atom is -0.497 e. The van der Waals surface area contributed by atoms with Gasteiger partial charge in [0.05, 0.1) is 17.7 Å². The van der Waals surface area contributed by atoms with Crippen LogP contribution in [-0.2, 0) is 26.0 Å². The number of benzene rings is 3. The van der Waals surface area contributed by atoms with E-state index in [1.54, 1.807) is 36.4 Å². The molecule has 0 radical (unpaired) electrons. The molecule has 0 aliphatic heterocycles. The normalized spacial score (nSPS) is 11.9. The summed E-state index contributed by atoms with van der Waals surface area (Å²) in [5.74, 6) is -0.160. The summed E-state index contributed by atoms with van der Waals surface area (Å²) < 4.78 is 34.2. The SMILES string of the molecule is CCCCNC(=O)[C@H](CC)N(CCc1ccccc1)C(=O)CN(c1ccc(C)cc1)S(=O)(=O)c1ccc(OC)cc1. The molecule has 9 heteroatoms. The molecule has 3 aromatic rings. The van der Waals surface area contributed by atoms with Gasteiger partial charge in [-0.1, -0.05) is 68.3 Å². The maximum Gasteiger partial charge on any atom is 0.264 e. The predicted molar refractivity (Wildman–Crippen MR) is 163 cm³/mol. The van der Waals surface area contributed by atoms with Gasteiger partial charge < -0.3 is 15.0 Å². The van der Waals surface area contributed by atoms with E-state index in [0.29, 0.717) is 30.8 Å². The van der Waals surface area contributed by atoms with Crippen molar-refractivity contribution in [3.05, 3.63) is 90.0 Å². The highest BCUT2D eigenvalue weighted by molar-refractivity contribution is 7.92. The molecule has 1 N–H and O–H groups in total. The Kier molecular flexibility index (Phi) is 11.8. The number of ether oxygens (including phenoxy) is 1. The van der Waals surface area contributed by atoms with E-state index in [1.165, 1.54) is 24.1 Å². The molecule has 3 rings (SSSR count). The number of unbranched alkanes of at least 4 members (excludes halogenated alkanes) is 1. The Balaban J connectivity index is 1.98. The van der Waals surface area contributed by atoms with E-state index in [2.05, 4.69) is 5.32 Å². The quantitative estimate of drug-likeness (QED) is 0.257. The van der Waals surface area contributed by atoms with Crippen molar-refractivity contribution in [1.82, 2.24) is 10.2 Å². The second-order valence-corrected chi connectivity index (χ2v) is 11.8. The van der Waals surface area contributed by atoms with Gasteiger partial charge >= 0.3 is 0 Å². The lowest BCUT2D eigenvalue weighted by Crippen LogP contribution is -2.53. The van der Waals surface area contributed by atoms with Crippen LogP contribution in [0.5, 0.6) is 5.75 Å². The molecule has 1 atom stereocenters. The lowest BCUT2D eigenvalue weighted by atomic mass is 10.1. The fourth-order valence-corrected chi connectivity index (χ4v) is 5.93. The van der Waals surface area contributed by atoms with Crippen LogP contribution < -0.4 is 14.4 Å². The highest BCUT2D eigenvalue weighted by atomic mass is 32.2. The number of carbonyl (C=O) groups is 2. The van der Waals surface area contributed by atoms with Crippen LogP contribution in [0, 0.1) is 6.92 Å². The van der Waals surface area contributed by atoms with Crippen molar-refractivity contribution >= 4 is 27.5 Å². The van der Waals surface area contributed by atoms with Crippen LogP contribution in [-0.4, -0.2) is 57.9 Å². The van der Waals surface area contributed by atoms with E-state index in [-0.39, 0.29) is 17.3 Å². The van der Waals surface area contributed by atoms with Gasteiger partial charge in [-0.05, 0) is 68.1 Å². The van der Waals surface area contributed by atoms with Gasteiger partial charge in [-0.25, -0.2) is 8.42 Å². The Hall–Kier alpha value is -3.85. The third-order valence-corrected chi connectivity index (χ3v) is 8.74. The molecule has 0 aliphatic carbocycles. The van der Waals surface area contributed by atoms with E-state index >= 15 is 0 Å². The number of nitrogens with zero attached hydrogens (tertiary/aromatic N) is 2. The Morgan fingerprint density at radius 1 is 0.927 bits per heavy atom. The molecule has 2 amide bonds. The van der Waals surface area contributed by atoms with Crippen LogP contribution >= 0.6 is 0 Å². The van der Waals surface area contributed by atoms with Gasteiger partial charge in [0.1, 0.15) is 18.3 Å². The minimum atomic E-state index is -4.13. The number of carbonyl (C=O) groups excluding carboxylic acids is 2. The number of hydrogen-bond donors (Lipinski definition) is 1. The fraction of sp³-hybridized carbons (Fsp3) is 0.375. The van der Waals surface area contributed by atoms with Crippen LogP contribution in [0.4, 0.5) is 5.69 Å². The smallest absolute Gasteiger partial charge is 0.264 e. The zero-order valence-electron chi connectivity index (χ0n) is 24.4. The van der Waals surface area contributed by atoms with Crippen molar-refractivity contribution in [3.63, 3.8) is 0 Å². The molecular weight excluding hydrogens is 538 g/mol. The molecule has 0 bridgehead atoms. The summed E-state index contributed by atoms with van der Waals surface area (Å²) in [6.07, 6.45) is 2.69. The highest BCUT2D eigenvalue weighted by Crippen LogP contribution is 2.26. The number of nitrogens with one attached hydrogen (secondary N) is 1. The number of hydrogen-bond acceptors (Lipinski definition) is 5. The second-order valence-electron chi connectivity index (χ2n) is 9.91. The first-order valence-corrected chi connectivity index (χ1v) is 15.5. The fourth-order valence-electron chi connectivity index (χ4n) is 4.52. The summed E-state index contributed by atoms with van der Waals surface area (Å²) in [5, 5.41) is 2.95. The summed E-state index contributed by atoms with van der Waals surface area (Å²) in [5.41, 5.74) is 2.34. The lowest BCUT2D eigenvalue weighted by molar-refractivity contribution is -0.139. The van der Waals surface area contributed by atoms with E-state index in [4.69, 9.17) is 4.74 Å². The van der Waals surface area contributed by atoms with E-state index < -0.39 is 28.5 Å². The molecule has 220 valence electrons. The molecule has 8 nitrogen and oxygen atoms in total. The number of aryl methyl sites for hydroxylation is 1. The standard InChI is InChI=1S/C32H41N3O5S/c1-5-7-22-33-32(37)30(6-2)34(23-21-26-11-9-8-10-12-26)31(36)24-35(27-15-13-25(3)14-16-27)41(38,39)29-19-17-28(40-4)18-20-29/h8-20,30H,5-7,21-24H2,1-4H3,(H,33,37)/t30-/m0/s1. The topological polar surface area (TPSA) is 96.0 Å². The maximum absolute atomic E-state index is 14.0. The first-order valence-electron chi connectivity index (χ1n) is 14.1. The molecule has 0 unspecified atom stereocenters. The summed E-state index contributed by atoms with van der Waals surface area (Å²) >= 11 is 0. The van der Waals surface area contributed by atoms with Crippen molar-refractivity contribution < 1.29 is 22.7 Å². The van der Waals surface area contributed by atoms with E-state index in [9.17, 15) is 18.0 Å². The molecular formula is C32H41N3O5S. The molecule has 0 heterocycles. The number of anilines is 1. The van der Waals surface area contributed by atoms with Crippen molar-refractivity contribution in [2.24, 2.45) is 0 Å². The molecule has 0 saturated heterocycles. The van der Waals surface area contributed by atoms with Gasteiger partial charge in [-0.3, -0.25) is 13.9 Å². The Labute approximate surface area is 244 Å². The molecule has 0 spiro atoms. The molecule has 0 fully saturated rings. The van der Waals surface area contributed by atoms with Crippen LogP contribution in [0.1, 0.15) is 44.2 Å². The van der Waals surface area contributed by atoms with Gasteiger partial charge in [-0.15, -0.1) is 0 Å². The van der Waals surface area contributed by atoms with Gasteiger partial charge in [-0.2, -0.15) is 0 Å². The minimum absolute atomic E-state index is 0.0341. The largest absolute Gasteiger partial charge is 0.497 e. The van der Waals surface area contributed by atoms with E-state index in [0.717, 1.165) is 28.3 Å². The first-order chi connectivity index (χ1) is 19.7. The van der Waals surface area contributed by atoms with Gasteiger partial charge in [0, 0.05) is 13.1 Å². The zero-order valence-corrected chi connectivity index (χ0v) is 25.2. The van der Waals surface area contributed by atoms with Gasteiger partial charge in [0.25, 0.3) is 10.0 Å². The molecule has 0 aliphatic rings. The maximum atomic E-state index is 14.0. The number of amides is 2. The summed E-state index contributed by atoms with van der Waals surface area (Å²) in [6, 6.07) is 22.0. The van der Waals surface area contributed by atoms with Gasteiger partial charge in [0.2, 0.25) is 11.8 Å². The predicted octanol–water partition coefficient (Wildman–Crippen LogP) is 4.97. The molecule has 0 aromatic heterocycles. The average Bonchev–Trinajstić information content (AvgIpc) is 2.99. The lowest BCUT2D eigenvalue weighted by Gasteiger charge is -2.33. The summed E-state index contributed by atoms with van der Waals surface area (Å²) in [4.78, 5) is 28.8. The zero-order chi connectivity index (χ0) is 29.8. The first kappa shape index (κ1) is 31.7. The Morgan fingerprint density at radius 3 is 2.17 bits per heavy atom. The van der Waals surface area contributed by atoms with Crippen LogP contribution in [0.25, 0.3) is 0 Å². The van der Waals surface area contributed by atoms with Gasteiger partial charge in [0.15, 0.2) is 0 Å². The third kappa shape index (κ3) is 8.57. The third-order valence-electron chi connectivity index (χ3n) is 6.95. The second kappa shape index (κ2) is 15.2. The molecule has 0 saturated carbocycles. The van der Waals surface area contributed by atoms with Crippen LogP contribution in [0.2, 0.25) is 0 Å². The Morgan fingerprint density at radius 2 is 1.59 bits per heavy atom. The average molecular weight is 580 g/mol. The number of methoxy groups -OCH3 is 1. The Bertz CT molecular complexity index is 1360. The van der Waals surface area contributed by atoms with Crippen molar-refractivity contribution in [2.75, 3.05) is 31.0 Å². The van der Waals surface area contributed by atoms with Crippen LogP contribution in [0.15, 0.2) is 83.8 Å². The van der Waals surface area contributed by atoms with Crippen molar-refractivity contribution in [3.8, 4) is 5.75 Å². The van der Waals surface area contributed by atoms with E-state index in [1.807, 2.05) is 51.1 Å². The monoisotopic (exact) mass is 579 g/mol. The summed E-state index contributed by atoms with van der Waals surface area (Å²) in [7, 11) is -2.62. The summed E-state index contributed by atoms with van der Waals surface area (Å²) in [6.45, 7) is 6.15. The van der Waals surface area contributed by atoms with Crippen LogP contribution in [0.3, 0.4) is 0 Å². The highest BCUT2D eigenvalue weighted by Gasteiger charge is 2.33. The molecule has 41 heavy (non-hydrogen) atoms. The number of rotatable bonds is 15. The van der Waals surface area contributed by atoms with Crippen molar-refractivity contribution in [2.45, 2.75) is 57.4 Å².